The molecule has 0 aromatic heterocycles. The van der Waals surface area contributed by atoms with Gasteiger partial charge in [0.15, 0.2) is 0 Å². The maximum Gasteiger partial charge on any atom is 0.303 e. The van der Waals surface area contributed by atoms with Crippen LogP contribution in [0.25, 0.3) is 0 Å². The highest BCUT2D eigenvalue weighted by molar-refractivity contribution is 6.02. The SMILES string of the molecule is O=C(O)CCCC(=O)O.O=C1CCC(=O)N1.O=C1CCC(=O)N1. The molecular weight excluding hydrogens is 312 g/mol. The first kappa shape index (κ1) is 20.2. The molecule has 0 radical (unpaired) electrons. The van der Waals surface area contributed by atoms with Gasteiger partial charge in [-0.3, -0.25) is 39.4 Å². The predicted octanol–water partition coefficient (Wildman–Crippen LogP) is -0.828. The zero-order chi connectivity index (χ0) is 17.8. The Kier molecular flexibility index (Phi) is 9.56. The highest BCUT2D eigenvalue weighted by atomic mass is 16.4. The summed E-state index contributed by atoms with van der Waals surface area (Å²) in [6.07, 6.45) is 1.58. The van der Waals surface area contributed by atoms with Gasteiger partial charge in [0, 0.05) is 38.5 Å². The number of rotatable bonds is 4. The summed E-state index contributed by atoms with van der Waals surface area (Å²) >= 11 is 0. The lowest BCUT2D eigenvalue weighted by molar-refractivity contribution is -0.139. The Morgan fingerprint density at radius 1 is 0.696 bits per heavy atom. The van der Waals surface area contributed by atoms with Gasteiger partial charge in [0.2, 0.25) is 23.6 Å². The topological polar surface area (TPSA) is 167 Å². The number of hydrogen-bond acceptors (Lipinski definition) is 6. The number of aliphatic carboxylic acids is 2. The summed E-state index contributed by atoms with van der Waals surface area (Å²) in [5.74, 6) is -2.49. The van der Waals surface area contributed by atoms with Crippen molar-refractivity contribution in [3.05, 3.63) is 0 Å². The van der Waals surface area contributed by atoms with E-state index in [9.17, 15) is 28.8 Å². The van der Waals surface area contributed by atoms with Crippen molar-refractivity contribution in [1.82, 2.24) is 10.6 Å². The lowest BCUT2D eigenvalue weighted by atomic mass is 10.2. The number of amides is 4. The molecule has 4 amide bonds. The molecule has 0 aromatic carbocycles. The van der Waals surface area contributed by atoms with Crippen LogP contribution >= 0.6 is 0 Å². The minimum absolute atomic E-state index is 0.0632. The van der Waals surface area contributed by atoms with Crippen LogP contribution < -0.4 is 10.6 Å². The van der Waals surface area contributed by atoms with Crippen molar-refractivity contribution in [2.24, 2.45) is 0 Å². The fraction of sp³-hybridized carbons (Fsp3) is 0.538. The molecule has 4 N–H and O–H groups in total. The van der Waals surface area contributed by atoms with Crippen molar-refractivity contribution >= 4 is 35.6 Å². The van der Waals surface area contributed by atoms with Crippen molar-refractivity contribution in [3.8, 4) is 0 Å². The van der Waals surface area contributed by atoms with E-state index in [1.54, 1.807) is 0 Å². The van der Waals surface area contributed by atoms with Gasteiger partial charge in [0.25, 0.3) is 0 Å². The average Bonchev–Trinajstić information content (AvgIpc) is 2.98. The second-order valence-electron chi connectivity index (χ2n) is 4.58. The predicted molar refractivity (Wildman–Crippen MR) is 73.9 cm³/mol. The largest absolute Gasteiger partial charge is 0.481 e. The lowest BCUT2D eigenvalue weighted by Crippen LogP contribution is -2.18. The summed E-state index contributed by atoms with van der Waals surface area (Å²) in [6, 6.07) is 0. The Balaban J connectivity index is 0.000000318. The summed E-state index contributed by atoms with van der Waals surface area (Å²) in [5.41, 5.74) is 0. The van der Waals surface area contributed by atoms with Gasteiger partial charge in [-0.15, -0.1) is 0 Å². The molecule has 0 aromatic rings. The molecular formula is C13H18N2O8. The first-order valence-electron chi connectivity index (χ1n) is 6.79. The van der Waals surface area contributed by atoms with Crippen molar-refractivity contribution < 1.29 is 39.0 Å². The van der Waals surface area contributed by atoms with E-state index in [0.717, 1.165) is 0 Å². The zero-order valence-corrected chi connectivity index (χ0v) is 12.3. The molecule has 23 heavy (non-hydrogen) atoms. The summed E-state index contributed by atoms with van der Waals surface area (Å²) in [5, 5.41) is 20.3. The van der Waals surface area contributed by atoms with E-state index in [0.29, 0.717) is 25.7 Å². The quantitative estimate of drug-likeness (QED) is 0.484. The highest BCUT2D eigenvalue weighted by Crippen LogP contribution is 1.96. The van der Waals surface area contributed by atoms with Crippen LogP contribution in [-0.4, -0.2) is 45.8 Å². The minimum Gasteiger partial charge on any atom is -0.481 e. The van der Waals surface area contributed by atoms with Crippen molar-refractivity contribution in [2.45, 2.75) is 44.9 Å². The number of carboxylic acid groups (broad SMARTS) is 2. The van der Waals surface area contributed by atoms with E-state index < -0.39 is 11.9 Å². The lowest BCUT2D eigenvalue weighted by Gasteiger charge is -1.89. The van der Waals surface area contributed by atoms with Gasteiger partial charge < -0.3 is 10.2 Å². The number of carboxylic acids is 2. The Bertz CT molecular complexity index is 428. The van der Waals surface area contributed by atoms with Crippen LogP contribution in [0.3, 0.4) is 0 Å². The highest BCUT2D eigenvalue weighted by Gasteiger charge is 2.16. The van der Waals surface area contributed by atoms with Crippen LogP contribution in [0.2, 0.25) is 0 Å². The molecule has 0 aliphatic carbocycles. The summed E-state index contributed by atoms with van der Waals surface area (Å²) in [6.45, 7) is 0. The number of carbonyl (C=O) groups excluding carboxylic acids is 4. The Labute approximate surface area is 131 Å². The molecule has 2 rings (SSSR count). The van der Waals surface area contributed by atoms with Gasteiger partial charge in [-0.25, -0.2) is 0 Å². The van der Waals surface area contributed by atoms with E-state index in [1.807, 2.05) is 0 Å². The third-order valence-corrected chi connectivity index (χ3v) is 2.50. The van der Waals surface area contributed by atoms with Crippen LogP contribution in [0.15, 0.2) is 0 Å². The molecule has 2 aliphatic heterocycles. The molecule has 128 valence electrons. The van der Waals surface area contributed by atoms with E-state index in [2.05, 4.69) is 10.6 Å². The van der Waals surface area contributed by atoms with Crippen LogP contribution in [-0.2, 0) is 28.8 Å². The average molecular weight is 330 g/mol. The Morgan fingerprint density at radius 2 is 0.957 bits per heavy atom. The smallest absolute Gasteiger partial charge is 0.303 e. The first-order valence-corrected chi connectivity index (χ1v) is 6.79. The van der Waals surface area contributed by atoms with Crippen molar-refractivity contribution in [2.75, 3.05) is 0 Å². The minimum atomic E-state index is -0.948. The van der Waals surface area contributed by atoms with Crippen LogP contribution in [0, 0.1) is 0 Å². The van der Waals surface area contributed by atoms with Gasteiger partial charge >= 0.3 is 11.9 Å². The maximum atomic E-state index is 10.1. The summed E-state index contributed by atoms with van der Waals surface area (Å²) < 4.78 is 0. The molecule has 2 aliphatic rings. The molecule has 0 atom stereocenters. The molecule has 0 saturated carbocycles. The molecule has 2 fully saturated rings. The third kappa shape index (κ3) is 12.7. The summed E-state index contributed by atoms with van der Waals surface area (Å²) in [7, 11) is 0. The van der Waals surface area contributed by atoms with Gasteiger partial charge in [-0.05, 0) is 6.42 Å². The van der Waals surface area contributed by atoms with Gasteiger partial charge in [-0.2, -0.15) is 0 Å². The van der Waals surface area contributed by atoms with Gasteiger partial charge in [0.05, 0.1) is 0 Å². The molecule has 2 saturated heterocycles. The van der Waals surface area contributed by atoms with Crippen LogP contribution in [0.4, 0.5) is 0 Å². The van der Waals surface area contributed by atoms with Crippen LogP contribution in [0.5, 0.6) is 0 Å². The van der Waals surface area contributed by atoms with E-state index >= 15 is 0 Å². The molecule has 2 heterocycles. The normalized spacial score (nSPS) is 15.7. The molecule has 0 bridgehead atoms. The zero-order valence-electron chi connectivity index (χ0n) is 12.3. The molecule has 0 unspecified atom stereocenters. The number of hydrogen-bond donors (Lipinski definition) is 4. The number of imide groups is 2. The summed E-state index contributed by atoms with van der Waals surface area (Å²) in [4.78, 5) is 60.1. The second kappa shape index (κ2) is 10.9. The van der Waals surface area contributed by atoms with E-state index in [1.165, 1.54) is 0 Å². The van der Waals surface area contributed by atoms with E-state index in [4.69, 9.17) is 10.2 Å². The second-order valence-corrected chi connectivity index (χ2v) is 4.58. The fourth-order valence-electron chi connectivity index (χ4n) is 1.41. The molecule has 0 spiro atoms. The number of nitrogens with one attached hydrogen (secondary N) is 2. The maximum absolute atomic E-state index is 10.1. The molecule has 10 heteroatoms. The monoisotopic (exact) mass is 330 g/mol. The fourth-order valence-corrected chi connectivity index (χ4v) is 1.41. The van der Waals surface area contributed by atoms with Crippen molar-refractivity contribution in [3.63, 3.8) is 0 Å². The first-order chi connectivity index (χ1) is 10.7. The third-order valence-electron chi connectivity index (χ3n) is 2.50. The standard InChI is InChI=1S/C5H8O4.2C4H5NO2/c6-4(7)2-1-3-5(8)9;2*6-3-1-2-4(7)5-3/h1-3H2,(H,6,7)(H,8,9);2*1-2H2,(H,5,6,7). The van der Waals surface area contributed by atoms with Crippen molar-refractivity contribution in [1.29, 1.82) is 0 Å². The van der Waals surface area contributed by atoms with Crippen LogP contribution in [0.1, 0.15) is 44.9 Å². The van der Waals surface area contributed by atoms with Gasteiger partial charge in [-0.1, -0.05) is 0 Å². The van der Waals surface area contributed by atoms with Gasteiger partial charge in [0.1, 0.15) is 0 Å². The van der Waals surface area contributed by atoms with E-state index in [-0.39, 0.29) is 42.9 Å². The Hall–Kier alpha value is -2.78. The number of carbonyl (C=O) groups is 6. The Morgan fingerprint density at radius 3 is 1.09 bits per heavy atom. The molecule has 10 nitrogen and oxygen atoms in total.